The second-order valence-corrected chi connectivity index (χ2v) is 13.7. The molecule has 0 aromatic heterocycles. The van der Waals surface area contributed by atoms with Gasteiger partial charge in [-0.1, -0.05) is 53.7 Å². The number of carbonyl (C=O) groups excluding carboxylic acids is 1. The molecular weight excluding hydrogens is 288 g/mol. The lowest BCUT2D eigenvalue weighted by atomic mass is 9.76. The zero-order valence-electron chi connectivity index (χ0n) is 16.0. The summed E-state index contributed by atoms with van der Waals surface area (Å²) in [5, 5.41) is 0. The van der Waals surface area contributed by atoms with Crippen LogP contribution in [-0.4, -0.2) is 19.7 Å². The first-order chi connectivity index (χ1) is 9.97. The van der Waals surface area contributed by atoms with Gasteiger partial charge in [-0.25, -0.2) is 0 Å². The van der Waals surface area contributed by atoms with Crippen molar-refractivity contribution in [2.24, 2.45) is 5.92 Å². The number of Topliss-reactive ketones (excluding diaryl/α,β-unsaturated/α-hetero) is 1. The zero-order chi connectivity index (χ0) is 17.3. The molecule has 3 heteroatoms. The van der Waals surface area contributed by atoms with Crippen LogP contribution in [0.4, 0.5) is 0 Å². The van der Waals surface area contributed by atoms with E-state index < -0.39 is 13.9 Å². The van der Waals surface area contributed by atoms with Crippen molar-refractivity contribution in [3.8, 4) is 0 Å². The van der Waals surface area contributed by atoms with Gasteiger partial charge in [-0.05, 0) is 49.2 Å². The quantitative estimate of drug-likeness (QED) is 0.450. The van der Waals surface area contributed by atoms with Crippen molar-refractivity contribution in [2.75, 3.05) is 0 Å². The van der Waals surface area contributed by atoms with Gasteiger partial charge in [-0.2, -0.15) is 0 Å². The highest BCUT2D eigenvalue weighted by Crippen LogP contribution is 2.47. The summed E-state index contributed by atoms with van der Waals surface area (Å²) < 4.78 is 6.85. The van der Waals surface area contributed by atoms with E-state index in [-0.39, 0.29) is 5.78 Å². The molecule has 1 aliphatic carbocycles. The minimum absolute atomic E-state index is 0.283. The van der Waals surface area contributed by atoms with Gasteiger partial charge in [0.25, 0.3) is 0 Å². The Bertz CT molecular complexity index is 403. The average Bonchev–Trinajstić information content (AvgIpc) is 2.38. The normalized spacial score (nSPS) is 27.0. The van der Waals surface area contributed by atoms with Gasteiger partial charge in [-0.3, -0.25) is 4.79 Å². The molecule has 1 fully saturated rings. The Balaban J connectivity index is 3.08. The third-order valence-electron chi connectivity index (χ3n) is 5.80. The first kappa shape index (κ1) is 19.6. The molecule has 0 unspecified atom stereocenters. The zero-order valence-corrected chi connectivity index (χ0v) is 17.0. The Morgan fingerprint density at radius 2 is 1.64 bits per heavy atom. The van der Waals surface area contributed by atoms with Crippen LogP contribution in [0.2, 0.25) is 16.6 Å². The highest BCUT2D eigenvalue weighted by Gasteiger charge is 2.52. The Morgan fingerprint density at radius 3 is 1.95 bits per heavy atom. The summed E-state index contributed by atoms with van der Waals surface area (Å²) in [6.07, 6.45) is 2.46. The van der Waals surface area contributed by atoms with Crippen molar-refractivity contribution >= 4 is 14.1 Å². The number of hydrogen-bond acceptors (Lipinski definition) is 2. The first-order valence-electron chi connectivity index (χ1n) is 8.86. The molecule has 0 radical (unpaired) electrons. The maximum atomic E-state index is 12.8. The van der Waals surface area contributed by atoms with Crippen molar-refractivity contribution in [1.82, 2.24) is 0 Å². The number of rotatable bonds is 6. The van der Waals surface area contributed by atoms with Crippen LogP contribution in [0.1, 0.15) is 74.7 Å². The predicted molar refractivity (Wildman–Crippen MR) is 97.7 cm³/mol. The molecule has 0 aliphatic heterocycles. The fourth-order valence-electron chi connectivity index (χ4n) is 4.40. The fraction of sp³-hybridized carbons (Fsp3) is 0.842. The third-order valence-corrected chi connectivity index (χ3v) is 12.0. The molecule has 1 saturated carbocycles. The lowest BCUT2D eigenvalue weighted by molar-refractivity contribution is -0.139. The highest BCUT2D eigenvalue weighted by molar-refractivity contribution is 6.77. The molecule has 2 nitrogen and oxygen atoms in total. The predicted octanol–water partition coefficient (Wildman–Crippen LogP) is 5.88. The van der Waals surface area contributed by atoms with Crippen LogP contribution in [0.15, 0.2) is 12.2 Å². The lowest BCUT2D eigenvalue weighted by Gasteiger charge is -2.49. The monoisotopic (exact) mass is 324 g/mol. The number of carbonyl (C=O) groups is 1. The van der Waals surface area contributed by atoms with Crippen molar-refractivity contribution in [3.63, 3.8) is 0 Å². The molecule has 1 rings (SSSR count). The Kier molecular flexibility index (Phi) is 6.25. The van der Waals surface area contributed by atoms with Crippen LogP contribution < -0.4 is 0 Å². The lowest BCUT2D eigenvalue weighted by Crippen LogP contribution is -2.57. The summed E-state index contributed by atoms with van der Waals surface area (Å²) in [5.74, 6) is 0.628. The molecule has 0 bridgehead atoms. The summed E-state index contributed by atoms with van der Waals surface area (Å²) in [7, 11) is -2.02. The van der Waals surface area contributed by atoms with Crippen molar-refractivity contribution in [2.45, 2.75) is 96.9 Å². The van der Waals surface area contributed by atoms with Crippen LogP contribution >= 0.6 is 0 Å². The highest BCUT2D eigenvalue weighted by atomic mass is 28.4. The summed E-state index contributed by atoms with van der Waals surface area (Å²) in [6.45, 7) is 21.8. The van der Waals surface area contributed by atoms with Crippen LogP contribution in [0.25, 0.3) is 0 Å². The second-order valence-electron chi connectivity index (χ2n) is 8.36. The number of hydrogen-bond donors (Lipinski definition) is 0. The van der Waals surface area contributed by atoms with Gasteiger partial charge in [0.05, 0.1) is 0 Å². The molecule has 1 aliphatic rings. The van der Waals surface area contributed by atoms with Gasteiger partial charge >= 0.3 is 0 Å². The van der Waals surface area contributed by atoms with Gasteiger partial charge in [0.1, 0.15) is 5.60 Å². The van der Waals surface area contributed by atoms with Crippen molar-refractivity contribution in [1.29, 1.82) is 0 Å². The molecule has 2 atom stereocenters. The maximum absolute atomic E-state index is 12.8. The Morgan fingerprint density at radius 1 is 1.18 bits per heavy atom. The van der Waals surface area contributed by atoms with E-state index in [1.807, 2.05) is 13.8 Å². The van der Waals surface area contributed by atoms with E-state index in [1.165, 1.54) is 0 Å². The fourth-order valence-corrected chi connectivity index (χ4v) is 10.1. The topological polar surface area (TPSA) is 26.3 Å². The van der Waals surface area contributed by atoms with Gasteiger partial charge in [0.2, 0.25) is 8.32 Å². The van der Waals surface area contributed by atoms with Gasteiger partial charge in [-0.15, -0.1) is 0 Å². The van der Waals surface area contributed by atoms with Crippen molar-refractivity contribution < 1.29 is 9.22 Å². The first-order valence-corrected chi connectivity index (χ1v) is 11.0. The van der Waals surface area contributed by atoms with Crippen LogP contribution in [0, 0.1) is 5.92 Å². The molecule has 0 spiro atoms. The molecule has 128 valence electrons. The average molecular weight is 325 g/mol. The molecule has 0 aromatic rings. The van der Waals surface area contributed by atoms with E-state index in [9.17, 15) is 4.79 Å². The van der Waals surface area contributed by atoms with Gasteiger partial charge < -0.3 is 4.43 Å². The van der Waals surface area contributed by atoms with E-state index in [1.54, 1.807) is 0 Å². The van der Waals surface area contributed by atoms with Crippen LogP contribution in [0.5, 0.6) is 0 Å². The molecule has 0 saturated heterocycles. The molecule has 0 N–H and O–H groups in total. The standard InChI is InChI=1S/C19H36O2Si/c1-13(2)17-10-11-19(9,18(20)12-17)21-22(14(3)4,15(5)6)16(7)8/h14-17H,1,10-12H2,2-9H3/t17-,19-/m0/s1. The summed E-state index contributed by atoms with van der Waals surface area (Å²) in [6, 6.07) is 0. The largest absolute Gasteiger partial charge is 0.404 e. The Labute approximate surface area is 138 Å². The van der Waals surface area contributed by atoms with Gasteiger partial charge in [0, 0.05) is 6.42 Å². The van der Waals surface area contributed by atoms with E-state index >= 15 is 0 Å². The number of ketones is 1. The van der Waals surface area contributed by atoms with E-state index in [0.29, 0.717) is 29.0 Å². The van der Waals surface area contributed by atoms with E-state index in [4.69, 9.17) is 4.43 Å². The minimum atomic E-state index is -2.02. The summed E-state index contributed by atoms with van der Waals surface area (Å²) in [5.41, 5.74) is 2.08. The van der Waals surface area contributed by atoms with E-state index in [0.717, 1.165) is 18.4 Å². The Hall–Kier alpha value is -0.413. The molecule has 0 amide bonds. The molecular formula is C19H36O2Si. The van der Waals surface area contributed by atoms with Gasteiger partial charge in [0.15, 0.2) is 5.78 Å². The summed E-state index contributed by atoms with van der Waals surface area (Å²) in [4.78, 5) is 12.8. The molecule has 0 heterocycles. The van der Waals surface area contributed by atoms with Crippen LogP contribution in [0.3, 0.4) is 0 Å². The number of allylic oxidation sites excluding steroid dienone is 1. The summed E-state index contributed by atoms with van der Waals surface area (Å²) >= 11 is 0. The molecule has 22 heavy (non-hydrogen) atoms. The SMILES string of the molecule is C=C(C)[C@H]1CC[C@](C)(O[Si](C(C)C)(C(C)C)C(C)C)C(=O)C1. The van der Waals surface area contributed by atoms with Crippen molar-refractivity contribution in [3.05, 3.63) is 12.2 Å². The van der Waals surface area contributed by atoms with E-state index in [2.05, 4.69) is 48.1 Å². The maximum Gasteiger partial charge on any atom is 0.201 e. The molecule has 0 aromatic carbocycles. The third kappa shape index (κ3) is 3.56. The minimum Gasteiger partial charge on any atom is -0.404 e. The van der Waals surface area contributed by atoms with Crippen LogP contribution in [-0.2, 0) is 9.22 Å². The smallest absolute Gasteiger partial charge is 0.201 e. The second kappa shape index (κ2) is 7.00.